The molecule has 3 heteroatoms. The monoisotopic (exact) mass is 289 g/mol. The molecular weight excluding hydrogens is 273 g/mol. The molecule has 3 rings (SSSR count). The number of halogens is 2. The smallest absolute Gasteiger partial charge is 0.123 e. The van der Waals surface area contributed by atoms with Crippen molar-refractivity contribution in [2.45, 2.75) is 31.8 Å². The molecule has 2 aromatic rings. The number of benzene rings is 2. The van der Waals surface area contributed by atoms with E-state index in [9.17, 15) is 4.39 Å². The highest BCUT2D eigenvalue weighted by Gasteiger charge is 2.26. The van der Waals surface area contributed by atoms with Gasteiger partial charge in [-0.15, -0.1) is 0 Å². The third-order valence-electron chi connectivity index (χ3n) is 3.98. The van der Waals surface area contributed by atoms with Crippen LogP contribution in [-0.4, -0.2) is 6.04 Å². The summed E-state index contributed by atoms with van der Waals surface area (Å²) in [6.45, 7) is 2.17. The van der Waals surface area contributed by atoms with E-state index in [1.165, 1.54) is 5.56 Å². The van der Waals surface area contributed by atoms with E-state index >= 15 is 0 Å². The summed E-state index contributed by atoms with van der Waals surface area (Å²) >= 11 is 5.95. The van der Waals surface area contributed by atoms with Gasteiger partial charge in [0, 0.05) is 11.1 Å². The maximum absolute atomic E-state index is 13.6. The van der Waals surface area contributed by atoms with Gasteiger partial charge in [-0.25, -0.2) is 4.39 Å². The van der Waals surface area contributed by atoms with Crippen molar-refractivity contribution >= 4 is 11.6 Å². The predicted molar refractivity (Wildman–Crippen MR) is 80.6 cm³/mol. The first-order chi connectivity index (χ1) is 9.67. The summed E-state index contributed by atoms with van der Waals surface area (Å²) in [5.74, 6) is -0.181. The first-order valence-electron chi connectivity index (χ1n) is 6.97. The van der Waals surface area contributed by atoms with Crippen molar-refractivity contribution in [2.24, 2.45) is 0 Å². The lowest BCUT2D eigenvalue weighted by atomic mass is 9.86. The van der Waals surface area contributed by atoms with Gasteiger partial charge < -0.3 is 5.32 Å². The fourth-order valence-electron chi connectivity index (χ4n) is 2.86. The van der Waals surface area contributed by atoms with E-state index in [4.69, 9.17) is 11.6 Å². The minimum atomic E-state index is -0.181. The normalized spacial score (nSPS) is 21.6. The van der Waals surface area contributed by atoms with Crippen molar-refractivity contribution in [3.05, 3.63) is 70.0 Å². The van der Waals surface area contributed by atoms with E-state index in [0.717, 1.165) is 29.0 Å². The summed E-state index contributed by atoms with van der Waals surface area (Å²) in [4.78, 5) is 0. The number of nitrogens with one attached hydrogen (secondary N) is 1. The summed E-state index contributed by atoms with van der Waals surface area (Å²) in [6.07, 6.45) is 2.01. The molecule has 20 heavy (non-hydrogen) atoms. The first-order valence-corrected chi connectivity index (χ1v) is 7.35. The van der Waals surface area contributed by atoms with Gasteiger partial charge >= 0.3 is 0 Å². The number of hydrogen-bond donors (Lipinski definition) is 1. The van der Waals surface area contributed by atoms with Gasteiger partial charge in [0.05, 0.1) is 6.04 Å². The van der Waals surface area contributed by atoms with Crippen molar-refractivity contribution in [3.8, 4) is 0 Å². The Balaban J connectivity index is 2.05. The average Bonchev–Trinajstić information content (AvgIpc) is 2.47. The molecule has 2 unspecified atom stereocenters. The quantitative estimate of drug-likeness (QED) is 0.859. The van der Waals surface area contributed by atoms with Crippen molar-refractivity contribution in [2.75, 3.05) is 0 Å². The van der Waals surface area contributed by atoms with Crippen LogP contribution in [0.3, 0.4) is 0 Å². The average molecular weight is 290 g/mol. The summed E-state index contributed by atoms with van der Waals surface area (Å²) in [7, 11) is 0. The Morgan fingerprint density at radius 2 is 1.95 bits per heavy atom. The third kappa shape index (κ3) is 2.58. The standard InChI is InChI=1S/C17H17ClFN/c1-2-15-9-12-5-8-14(19)10-16(12)17(20-15)11-3-6-13(18)7-4-11/h3-8,10,15,17,20H,2,9H2,1H3. The summed E-state index contributed by atoms with van der Waals surface area (Å²) in [6, 6.07) is 13.4. The van der Waals surface area contributed by atoms with Gasteiger partial charge in [-0.3, -0.25) is 0 Å². The van der Waals surface area contributed by atoms with Crippen LogP contribution in [0, 0.1) is 5.82 Å². The topological polar surface area (TPSA) is 12.0 Å². The Morgan fingerprint density at radius 1 is 1.20 bits per heavy atom. The fraction of sp³-hybridized carbons (Fsp3) is 0.294. The van der Waals surface area contributed by atoms with Crippen LogP contribution >= 0.6 is 11.6 Å². The Labute approximate surface area is 123 Å². The van der Waals surface area contributed by atoms with Gasteiger partial charge in [0.15, 0.2) is 0 Å². The molecule has 0 spiro atoms. The second-order valence-electron chi connectivity index (χ2n) is 5.30. The van der Waals surface area contributed by atoms with E-state index in [0.29, 0.717) is 6.04 Å². The fourth-order valence-corrected chi connectivity index (χ4v) is 2.99. The molecule has 2 atom stereocenters. The SMILES string of the molecule is CCC1Cc2ccc(F)cc2C(c2ccc(Cl)cc2)N1. The van der Waals surface area contributed by atoms with Crippen molar-refractivity contribution in [1.82, 2.24) is 5.32 Å². The predicted octanol–water partition coefficient (Wildman–Crippen LogP) is 4.49. The van der Waals surface area contributed by atoms with Crippen LogP contribution in [0.15, 0.2) is 42.5 Å². The minimum absolute atomic E-state index is 0.0386. The van der Waals surface area contributed by atoms with Crippen LogP contribution in [0.25, 0.3) is 0 Å². The Morgan fingerprint density at radius 3 is 2.65 bits per heavy atom. The van der Waals surface area contributed by atoms with Crippen LogP contribution in [0.4, 0.5) is 4.39 Å². The number of rotatable bonds is 2. The molecule has 1 aliphatic rings. The second-order valence-corrected chi connectivity index (χ2v) is 5.74. The first kappa shape index (κ1) is 13.6. The molecule has 0 aromatic heterocycles. The highest BCUT2D eigenvalue weighted by Crippen LogP contribution is 2.32. The molecule has 0 fully saturated rings. The number of fused-ring (bicyclic) bond motifs is 1. The zero-order valence-electron chi connectivity index (χ0n) is 11.4. The van der Waals surface area contributed by atoms with Gasteiger partial charge in [-0.05, 0) is 53.8 Å². The molecular formula is C17H17ClFN. The van der Waals surface area contributed by atoms with Gasteiger partial charge in [0.2, 0.25) is 0 Å². The van der Waals surface area contributed by atoms with E-state index in [1.54, 1.807) is 12.1 Å². The van der Waals surface area contributed by atoms with Crippen LogP contribution < -0.4 is 5.32 Å². The molecule has 0 saturated carbocycles. The molecule has 0 radical (unpaired) electrons. The third-order valence-corrected chi connectivity index (χ3v) is 4.24. The van der Waals surface area contributed by atoms with Crippen molar-refractivity contribution < 1.29 is 4.39 Å². The maximum Gasteiger partial charge on any atom is 0.123 e. The van der Waals surface area contributed by atoms with Gasteiger partial charge in [0.25, 0.3) is 0 Å². The summed E-state index contributed by atoms with van der Waals surface area (Å²) in [5, 5.41) is 4.33. The zero-order valence-corrected chi connectivity index (χ0v) is 12.1. The largest absolute Gasteiger partial charge is 0.303 e. The zero-order chi connectivity index (χ0) is 14.1. The highest BCUT2D eigenvalue weighted by molar-refractivity contribution is 6.30. The Kier molecular flexibility index (Phi) is 3.77. The molecule has 2 aromatic carbocycles. The van der Waals surface area contributed by atoms with E-state index in [2.05, 4.69) is 12.2 Å². The lowest BCUT2D eigenvalue weighted by molar-refractivity contribution is 0.425. The highest BCUT2D eigenvalue weighted by atomic mass is 35.5. The molecule has 0 amide bonds. The van der Waals surface area contributed by atoms with Gasteiger partial charge in [-0.1, -0.05) is 36.7 Å². The molecule has 0 bridgehead atoms. The summed E-state index contributed by atoms with van der Waals surface area (Å²) < 4.78 is 13.6. The summed E-state index contributed by atoms with van der Waals surface area (Å²) in [5.41, 5.74) is 3.40. The Bertz CT molecular complexity index is 609. The van der Waals surface area contributed by atoms with Crippen LogP contribution in [0.1, 0.15) is 36.1 Å². The van der Waals surface area contributed by atoms with E-state index in [-0.39, 0.29) is 11.9 Å². The van der Waals surface area contributed by atoms with Crippen molar-refractivity contribution in [3.63, 3.8) is 0 Å². The van der Waals surface area contributed by atoms with Crippen LogP contribution in [-0.2, 0) is 6.42 Å². The second kappa shape index (κ2) is 5.55. The van der Waals surface area contributed by atoms with E-state index < -0.39 is 0 Å². The van der Waals surface area contributed by atoms with Crippen LogP contribution in [0.2, 0.25) is 5.02 Å². The minimum Gasteiger partial charge on any atom is -0.303 e. The van der Waals surface area contributed by atoms with Gasteiger partial charge in [-0.2, -0.15) is 0 Å². The lowest BCUT2D eigenvalue weighted by Gasteiger charge is -2.33. The van der Waals surface area contributed by atoms with E-state index in [1.807, 2.05) is 30.3 Å². The lowest BCUT2D eigenvalue weighted by Crippen LogP contribution is -2.39. The molecule has 104 valence electrons. The Hall–Kier alpha value is -1.38. The molecule has 1 N–H and O–H groups in total. The molecule has 0 saturated heterocycles. The molecule has 1 nitrogen and oxygen atoms in total. The molecule has 1 heterocycles. The van der Waals surface area contributed by atoms with Crippen LogP contribution in [0.5, 0.6) is 0 Å². The van der Waals surface area contributed by atoms with Gasteiger partial charge in [0.1, 0.15) is 5.82 Å². The number of hydrogen-bond acceptors (Lipinski definition) is 1. The van der Waals surface area contributed by atoms with Crippen molar-refractivity contribution in [1.29, 1.82) is 0 Å². The maximum atomic E-state index is 13.6. The molecule has 0 aliphatic carbocycles. The molecule has 1 aliphatic heterocycles.